The summed E-state index contributed by atoms with van der Waals surface area (Å²) in [5, 5.41) is 0.544. The van der Waals surface area contributed by atoms with Crippen molar-refractivity contribution in [2.24, 2.45) is 0 Å². The zero-order chi connectivity index (χ0) is 5.11. The Morgan fingerprint density at radius 1 is 1.20 bits per heavy atom. The van der Waals surface area contributed by atoms with Crippen molar-refractivity contribution in [3.63, 3.8) is 0 Å². The monoisotopic (exact) mass is 207 g/mol. The summed E-state index contributed by atoms with van der Waals surface area (Å²) in [5.74, 6) is 0. The van der Waals surface area contributed by atoms with E-state index in [1.807, 2.05) is 12.1 Å². The molecule has 0 fully saturated rings. The molecule has 10 heavy (non-hydrogen) atoms. The van der Waals surface area contributed by atoms with Crippen LogP contribution >= 0.6 is 11.6 Å². The Morgan fingerprint density at radius 3 is 2.00 bits per heavy atom. The van der Waals surface area contributed by atoms with Crippen molar-refractivity contribution in [2.75, 3.05) is 0 Å². The number of hydrogen-bond donors (Lipinski definition) is 0. The maximum Gasteiger partial charge on any atom is 2.00 e. The summed E-state index contributed by atoms with van der Waals surface area (Å²) in [6.07, 6.45) is 1.66. The normalized spacial score (nSPS) is 6.10. The van der Waals surface area contributed by atoms with Gasteiger partial charge in [-0.25, -0.2) is 4.98 Å². The first-order valence-electron chi connectivity index (χ1n) is 1.96. The summed E-state index contributed by atoms with van der Waals surface area (Å²) in [5.41, 5.74) is 0. The van der Waals surface area contributed by atoms with Crippen LogP contribution in [-0.2, 0) is 0 Å². The minimum absolute atomic E-state index is 0. The number of hydrogen-bond acceptors (Lipinski definition) is 1. The van der Waals surface area contributed by atoms with E-state index in [0.29, 0.717) is 5.15 Å². The van der Waals surface area contributed by atoms with Crippen LogP contribution in [0.2, 0.25) is 5.15 Å². The molecule has 1 aromatic rings. The van der Waals surface area contributed by atoms with E-state index in [9.17, 15) is 0 Å². The third-order valence-corrected chi connectivity index (χ3v) is 0.852. The van der Waals surface area contributed by atoms with Gasteiger partial charge in [-0.05, 0) is 12.1 Å². The molecule has 5 heteroatoms. The molecule has 0 aliphatic carbocycles. The first kappa shape index (κ1) is 17.0. The number of aromatic nitrogens is 1. The zero-order valence-corrected chi connectivity index (χ0v) is 8.78. The molecule has 0 unspecified atom stereocenters. The summed E-state index contributed by atoms with van der Waals surface area (Å²) in [7, 11) is 0. The quantitative estimate of drug-likeness (QED) is 0.309. The van der Waals surface area contributed by atoms with E-state index in [1.54, 1.807) is 12.3 Å². The van der Waals surface area contributed by atoms with E-state index < -0.39 is 0 Å². The van der Waals surface area contributed by atoms with Gasteiger partial charge >= 0.3 is 23.1 Å². The van der Waals surface area contributed by atoms with Crippen molar-refractivity contribution >= 4 is 34.7 Å². The summed E-state index contributed by atoms with van der Waals surface area (Å²) in [4.78, 5) is 3.74. The predicted octanol–water partition coefficient (Wildman–Crippen LogP) is -4.64. The number of pyridine rings is 1. The largest absolute Gasteiger partial charge is 2.00 e. The fraction of sp³-hybridized carbons (Fsp3) is 0. The molecule has 1 heterocycles. The van der Waals surface area contributed by atoms with E-state index in [-0.39, 0.29) is 47.9 Å². The molecule has 1 aromatic heterocycles. The van der Waals surface area contributed by atoms with Gasteiger partial charge in [0.25, 0.3) is 0 Å². The van der Waals surface area contributed by atoms with Crippen LogP contribution in [0.1, 0.15) is 0 Å². The molecular weight excluding hydrogens is 205 g/mol. The van der Waals surface area contributed by atoms with Crippen LogP contribution in [0, 0.1) is 0 Å². The molecule has 0 radical (unpaired) electrons. The molecule has 0 amide bonds. The van der Waals surface area contributed by atoms with Gasteiger partial charge in [-0.3, -0.25) is 0 Å². The molecule has 0 aliphatic rings. The molecule has 0 saturated heterocycles. The van der Waals surface area contributed by atoms with Gasteiger partial charge in [-0.2, -0.15) is 0 Å². The molecule has 0 spiro atoms. The third kappa shape index (κ3) is 6.90. The first-order valence-corrected chi connectivity index (χ1v) is 2.34. The van der Waals surface area contributed by atoms with Gasteiger partial charge in [0.2, 0.25) is 0 Å². The Hall–Kier alpha value is 0.786. The average molecular weight is 209 g/mol. The Bertz CT molecular complexity index is 147. The first-order chi connectivity index (χ1) is 3.39. The van der Waals surface area contributed by atoms with Crippen LogP contribution < -0.4 is 24.8 Å². The molecule has 0 aromatic carbocycles. The zero-order valence-electron chi connectivity index (χ0n) is 5.10. The Balaban J connectivity index is -0.000000163. The van der Waals surface area contributed by atoms with Gasteiger partial charge in [0, 0.05) is 6.20 Å². The predicted molar refractivity (Wildman–Crippen MR) is 35.0 cm³/mol. The van der Waals surface area contributed by atoms with Crippen molar-refractivity contribution in [2.45, 2.75) is 0 Å². The molecule has 0 N–H and O–H groups in total. The standard InChI is InChI=1S/C5H4ClN.2ClH.Mg/c6-5-3-1-2-4-7-5;;;/h1-4H;2*1H;/q;;;+2/p-2. The van der Waals surface area contributed by atoms with Gasteiger partial charge in [-0.15, -0.1) is 0 Å². The molecule has 0 bridgehead atoms. The van der Waals surface area contributed by atoms with Crippen molar-refractivity contribution in [3.8, 4) is 0 Å². The number of halogens is 3. The fourth-order valence-electron chi connectivity index (χ4n) is 0.342. The van der Waals surface area contributed by atoms with Gasteiger partial charge in [0.05, 0.1) is 0 Å². The second-order valence-electron chi connectivity index (χ2n) is 1.15. The second-order valence-corrected chi connectivity index (χ2v) is 1.54. The van der Waals surface area contributed by atoms with Crippen molar-refractivity contribution in [1.29, 1.82) is 0 Å². The van der Waals surface area contributed by atoms with Gasteiger partial charge in [-0.1, -0.05) is 17.7 Å². The molecular formula is C5H4Cl3MgN. The van der Waals surface area contributed by atoms with Gasteiger partial charge < -0.3 is 24.8 Å². The minimum atomic E-state index is 0. The number of rotatable bonds is 0. The minimum Gasteiger partial charge on any atom is -1.00 e. The molecule has 52 valence electrons. The Labute approximate surface area is 93.5 Å². The van der Waals surface area contributed by atoms with E-state index in [4.69, 9.17) is 11.6 Å². The molecule has 0 aliphatic heterocycles. The summed E-state index contributed by atoms with van der Waals surface area (Å²) < 4.78 is 0. The van der Waals surface area contributed by atoms with Crippen molar-refractivity contribution in [3.05, 3.63) is 29.5 Å². The van der Waals surface area contributed by atoms with Crippen molar-refractivity contribution < 1.29 is 24.8 Å². The third-order valence-electron chi connectivity index (χ3n) is 0.629. The van der Waals surface area contributed by atoms with Crippen LogP contribution in [0.4, 0.5) is 0 Å². The maximum absolute atomic E-state index is 5.43. The van der Waals surface area contributed by atoms with Crippen LogP contribution in [0.25, 0.3) is 0 Å². The molecule has 1 nitrogen and oxygen atoms in total. The van der Waals surface area contributed by atoms with Crippen molar-refractivity contribution in [1.82, 2.24) is 4.98 Å². The number of nitrogens with zero attached hydrogens (tertiary/aromatic N) is 1. The van der Waals surface area contributed by atoms with Crippen LogP contribution in [0.15, 0.2) is 24.4 Å². The van der Waals surface area contributed by atoms with E-state index in [0.717, 1.165) is 0 Å². The van der Waals surface area contributed by atoms with Crippen LogP contribution in [0.3, 0.4) is 0 Å². The molecule has 1 rings (SSSR count). The van der Waals surface area contributed by atoms with E-state index in [1.165, 1.54) is 0 Å². The SMILES string of the molecule is Clc1ccccn1.[Cl-].[Cl-].[Mg+2]. The fourth-order valence-corrected chi connectivity index (χ4v) is 0.471. The average Bonchev–Trinajstić information content (AvgIpc) is 1.69. The second kappa shape index (κ2) is 9.79. The Kier molecular flexibility index (Phi) is 16.7. The smallest absolute Gasteiger partial charge is 1.00 e. The Morgan fingerprint density at radius 2 is 1.80 bits per heavy atom. The van der Waals surface area contributed by atoms with Crippen LogP contribution in [0.5, 0.6) is 0 Å². The van der Waals surface area contributed by atoms with E-state index >= 15 is 0 Å². The van der Waals surface area contributed by atoms with Crippen LogP contribution in [-0.4, -0.2) is 28.0 Å². The summed E-state index contributed by atoms with van der Waals surface area (Å²) in [6, 6.07) is 5.41. The van der Waals surface area contributed by atoms with Gasteiger partial charge in [0.1, 0.15) is 5.15 Å². The molecule has 0 atom stereocenters. The topological polar surface area (TPSA) is 12.9 Å². The summed E-state index contributed by atoms with van der Waals surface area (Å²) in [6.45, 7) is 0. The van der Waals surface area contributed by atoms with Gasteiger partial charge in [0.15, 0.2) is 0 Å². The summed E-state index contributed by atoms with van der Waals surface area (Å²) >= 11 is 5.43. The maximum atomic E-state index is 5.43. The molecule has 0 saturated carbocycles. The van der Waals surface area contributed by atoms with E-state index in [2.05, 4.69) is 4.98 Å².